The molecule has 4 nitrogen and oxygen atoms in total. The first-order chi connectivity index (χ1) is 6.66. The van der Waals surface area contributed by atoms with Crippen molar-refractivity contribution in [3.63, 3.8) is 0 Å². The lowest BCUT2D eigenvalue weighted by Crippen LogP contribution is -2.15. The SMILES string of the molecule is Cn1cc(-n2ccc(Br)cc2=O)cn1. The van der Waals surface area contributed by atoms with Crippen molar-refractivity contribution < 1.29 is 0 Å². The van der Waals surface area contributed by atoms with Crippen molar-refractivity contribution in [3.8, 4) is 5.69 Å². The van der Waals surface area contributed by atoms with Gasteiger partial charge in [0.05, 0.1) is 11.9 Å². The zero-order valence-electron chi connectivity index (χ0n) is 7.51. The molecular formula is C9H8BrN3O. The van der Waals surface area contributed by atoms with Crippen LogP contribution >= 0.6 is 15.9 Å². The van der Waals surface area contributed by atoms with E-state index >= 15 is 0 Å². The minimum Gasteiger partial charge on any atom is -0.281 e. The molecule has 0 aliphatic heterocycles. The Hall–Kier alpha value is -1.36. The van der Waals surface area contributed by atoms with Crippen LogP contribution in [0.2, 0.25) is 0 Å². The van der Waals surface area contributed by atoms with E-state index in [1.165, 1.54) is 10.6 Å². The fraction of sp³-hybridized carbons (Fsp3) is 0.111. The van der Waals surface area contributed by atoms with E-state index in [0.29, 0.717) is 0 Å². The van der Waals surface area contributed by atoms with Gasteiger partial charge in [-0.25, -0.2) is 0 Å². The second kappa shape index (κ2) is 3.42. The predicted octanol–water partition coefficient (Wildman–Crippen LogP) is 1.33. The van der Waals surface area contributed by atoms with Gasteiger partial charge in [0.15, 0.2) is 0 Å². The van der Waals surface area contributed by atoms with E-state index in [4.69, 9.17) is 0 Å². The smallest absolute Gasteiger partial charge is 0.256 e. The number of hydrogen-bond acceptors (Lipinski definition) is 2. The monoisotopic (exact) mass is 253 g/mol. The lowest BCUT2D eigenvalue weighted by Gasteiger charge is -2.00. The summed E-state index contributed by atoms with van der Waals surface area (Å²) in [6, 6.07) is 3.33. The second-order valence-corrected chi connectivity index (χ2v) is 3.84. The van der Waals surface area contributed by atoms with Crippen LogP contribution in [0, 0.1) is 0 Å². The van der Waals surface area contributed by atoms with E-state index in [1.54, 1.807) is 23.3 Å². The fourth-order valence-electron chi connectivity index (χ4n) is 1.20. The Morgan fingerprint density at radius 2 is 2.29 bits per heavy atom. The van der Waals surface area contributed by atoms with Crippen LogP contribution in [0.3, 0.4) is 0 Å². The van der Waals surface area contributed by atoms with Crippen LogP contribution in [0.15, 0.2) is 40.0 Å². The molecule has 2 heterocycles. The lowest BCUT2D eigenvalue weighted by molar-refractivity contribution is 0.767. The molecule has 0 unspecified atom stereocenters. The number of rotatable bonds is 1. The van der Waals surface area contributed by atoms with Gasteiger partial charge in [-0.05, 0) is 6.07 Å². The summed E-state index contributed by atoms with van der Waals surface area (Å²) in [7, 11) is 1.81. The van der Waals surface area contributed by atoms with Gasteiger partial charge in [0.2, 0.25) is 0 Å². The molecule has 14 heavy (non-hydrogen) atoms. The van der Waals surface area contributed by atoms with Crippen LogP contribution in [0.4, 0.5) is 0 Å². The third-order valence-electron chi connectivity index (χ3n) is 1.85. The zero-order valence-corrected chi connectivity index (χ0v) is 9.10. The summed E-state index contributed by atoms with van der Waals surface area (Å²) in [5, 5.41) is 4.00. The fourth-order valence-corrected chi connectivity index (χ4v) is 1.51. The number of aromatic nitrogens is 3. The van der Waals surface area contributed by atoms with Gasteiger partial charge >= 0.3 is 0 Å². The Balaban J connectivity index is 2.57. The van der Waals surface area contributed by atoms with E-state index in [1.807, 2.05) is 13.1 Å². The molecule has 0 N–H and O–H groups in total. The van der Waals surface area contributed by atoms with Crippen LogP contribution in [-0.2, 0) is 7.05 Å². The molecule has 0 bridgehead atoms. The predicted molar refractivity (Wildman–Crippen MR) is 56.5 cm³/mol. The molecule has 0 saturated carbocycles. The van der Waals surface area contributed by atoms with Gasteiger partial charge in [0.25, 0.3) is 5.56 Å². The van der Waals surface area contributed by atoms with E-state index in [0.717, 1.165) is 10.2 Å². The van der Waals surface area contributed by atoms with E-state index in [9.17, 15) is 4.79 Å². The van der Waals surface area contributed by atoms with Crippen LogP contribution < -0.4 is 5.56 Å². The average Bonchev–Trinajstić information content (AvgIpc) is 2.51. The summed E-state index contributed by atoms with van der Waals surface area (Å²) in [6.07, 6.45) is 5.15. The summed E-state index contributed by atoms with van der Waals surface area (Å²) >= 11 is 3.24. The minimum absolute atomic E-state index is 0.0765. The number of aryl methyl sites for hydroxylation is 1. The van der Waals surface area contributed by atoms with E-state index < -0.39 is 0 Å². The second-order valence-electron chi connectivity index (χ2n) is 2.93. The quantitative estimate of drug-likeness (QED) is 0.770. The highest BCUT2D eigenvalue weighted by atomic mass is 79.9. The number of halogens is 1. The summed E-state index contributed by atoms with van der Waals surface area (Å²) in [6.45, 7) is 0. The van der Waals surface area contributed by atoms with Gasteiger partial charge in [-0.15, -0.1) is 0 Å². The third kappa shape index (κ3) is 1.63. The largest absolute Gasteiger partial charge is 0.281 e. The molecule has 0 aromatic carbocycles. The van der Waals surface area contributed by atoms with Crippen molar-refractivity contribution in [2.24, 2.45) is 7.05 Å². The first-order valence-corrected chi connectivity index (χ1v) is 4.83. The lowest BCUT2D eigenvalue weighted by atomic mass is 10.4. The Labute approximate surface area is 88.9 Å². The van der Waals surface area contributed by atoms with Gasteiger partial charge in [0, 0.05) is 30.0 Å². The van der Waals surface area contributed by atoms with Crippen LogP contribution in [0.5, 0.6) is 0 Å². The number of hydrogen-bond donors (Lipinski definition) is 0. The molecule has 0 aliphatic carbocycles. The first kappa shape index (κ1) is 9.21. The van der Waals surface area contributed by atoms with Gasteiger partial charge in [-0.1, -0.05) is 15.9 Å². The molecule has 0 saturated heterocycles. The maximum Gasteiger partial charge on any atom is 0.256 e. The Morgan fingerprint density at radius 3 is 2.86 bits per heavy atom. The molecule has 2 rings (SSSR count). The third-order valence-corrected chi connectivity index (χ3v) is 2.34. The molecule has 72 valence electrons. The summed E-state index contributed by atoms with van der Waals surface area (Å²) in [4.78, 5) is 11.5. The Morgan fingerprint density at radius 1 is 1.50 bits per heavy atom. The number of pyridine rings is 1. The van der Waals surface area contributed by atoms with Crippen LogP contribution in [-0.4, -0.2) is 14.3 Å². The summed E-state index contributed by atoms with van der Waals surface area (Å²) in [5.74, 6) is 0. The van der Waals surface area contributed by atoms with Crippen LogP contribution in [0.1, 0.15) is 0 Å². The number of nitrogens with zero attached hydrogens (tertiary/aromatic N) is 3. The summed E-state index contributed by atoms with van der Waals surface area (Å²) < 4.78 is 3.98. The average molecular weight is 254 g/mol. The van der Waals surface area contributed by atoms with E-state index in [2.05, 4.69) is 21.0 Å². The highest BCUT2D eigenvalue weighted by Gasteiger charge is 2.01. The van der Waals surface area contributed by atoms with E-state index in [-0.39, 0.29) is 5.56 Å². The zero-order chi connectivity index (χ0) is 10.1. The van der Waals surface area contributed by atoms with Gasteiger partial charge < -0.3 is 0 Å². The van der Waals surface area contributed by atoms with Crippen molar-refractivity contribution in [2.75, 3.05) is 0 Å². The summed E-state index contributed by atoms with van der Waals surface area (Å²) in [5.41, 5.74) is 0.692. The topological polar surface area (TPSA) is 39.8 Å². The van der Waals surface area contributed by atoms with Gasteiger partial charge in [0.1, 0.15) is 0 Å². The first-order valence-electron chi connectivity index (χ1n) is 4.04. The van der Waals surface area contributed by atoms with Crippen molar-refractivity contribution in [1.82, 2.24) is 14.3 Å². The molecule has 5 heteroatoms. The minimum atomic E-state index is -0.0765. The Bertz CT molecular complexity index is 515. The van der Waals surface area contributed by atoms with Gasteiger partial charge in [-0.3, -0.25) is 14.0 Å². The van der Waals surface area contributed by atoms with Crippen molar-refractivity contribution in [1.29, 1.82) is 0 Å². The standard InChI is InChI=1S/C9H8BrN3O/c1-12-6-8(5-11-12)13-3-2-7(10)4-9(13)14/h2-6H,1H3. The van der Waals surface area contributed by atoms with Gasteiger partial charge in [-0.2, -0.15) is 5.10 Å². The highest BCUT2D eigenvalue weighted by Crippen LogP contribution is 2.07. The molecule has 0 spiro atoms. The maximum atomic E-state index is 11.5. The molecule has 0 amide bonds. The van der Waals surface area contributed by atoms with Crippen LogP contribution in [0.25, 0.3) is 5.69 Å². The maximum absolute atomic E-state index is 11.5. The molecule has 0 aliphatic rings. The molecule has 0 radical (unpaired) electrons. The molecule has 0 fully saturated rings. The highest BCUT2D eigenvalue weighted by molar-refractivity contribution is 9.10. The Kier molecular flexibility index (Phi) is 2.25. The van der Waals surface area contributed by atoms with Crippen molar-refractivity contribution >= 4 is 15.9 Å². The van der Waals surface area contributed by atoms with Crippen molar-refractivity contribution in [2.45, 2.75) is 0 Å². The molecular weight excluding hydrogens is 246 g/mol. The molecule has 0 atom stereocenters. The normalized spacial score (nSPS) is 10.4. The van der Waals surface area contributed by atoms with Crippen molar-refractivity contribution in [3.05, 3.63) is 45.5 Å². The molecule has 2 aromatic heterocycles. The molecule has 2 aromatic rings.